The lowest BCUT2D eigenvalue weighted by atomic mass is 9.47. The van der Waals surface area contributed by atoms with Gasteiger partial charge in [-0.2, -0.15) is 8.42 Å². The molecule has 31 heteroatoms. The first-order valence-electron chi connectivity index (χ1n) is 33.3. The molecule has 4 saturated carbocycles. The van der Waals surface area contributed by atoms with E-state index in [4.69, 9.17) is 61.0 Å². The quantitative estimate of drug-likeness (QED) is 0.0498. The molecule has 0 aromatic heterocycles. The number of hydrogen-bond acceptors (Lipinski definition) is 29. The summed E-state index contributed by atoms with van der Waals surface area (Å²) >= 11 is 0. The van der Waals surface area contributed by atoms with Gasteiger partial charge in [0.25, 0.3) is 0 Å². The minimum atomic E-state index is -4.87. The second-order valence-electron chi connectivity index (χ2n) is 29.8. The van der Waals surface area contributed by atoms with Crippen LogP contribution in [0.25, 0.3) is 0 Å². The molecule has 0 spiro atoms. The average molecular weight is 1360 g/mol. The van der Waals surface area contributed by atoms with E-state index in [1.807, 2.05) is 6.92 Å². The van der Waals surface area contributed by atoms with Crippen LogP contribution in [0.15, 0.2) is 11.6 Å². The second kappa shape index (κ2) is 27.8. The van der Waals surface area contributed by atoms with Crippen LogP contribution in [0.3, 0.4) is 0 Å². The van der Waals surface area contributed by atoms with Gasteiger partial charge in [-0.1, -0.05) is 39.3 Å². The topological polar surface area (TPSA) is 458 Å². The molecule has 30 nitrogen and oxygen atoms in total. The number of ether oxygens (including phenoxy) is 12. The van der Waals surface area contributed by atoms with E-state index >= 15 is 0 Å². The van der Waals surface area contributed by atoms with Crippen molar-refractivity contribution in [2.75, 3.05) is 13.2 Å². The van der Waals surface area contributed by atoms with Gasteiger partial charge in [0.15, 0.2) is 37.7 Å². The Bertz CT molecular complexity index is 2680. The van der Waals surface area contributed by atoms with E-state index < -0.39 is 225 Å². The maximum Gasteiger partial charge on any atom is 0.397 e. The van der Waals surface area contributed by atoms with Crippen molar-refractivity contribution in [1.29, 1.82) is 0 Å². The van der Waals surface area contributed by atoms with Gasteiger partial charge < -0.3 is 128 Å². The maximum atomic E-state index is 12.5. The number of aliphatic hydroxyl groups excluding tert-OH is 13. The lowest BCUT2D eigenvalue weighted by molar-refractivity contribution is -0.400. The molecular formula is C62H102O30S. The van der Waals surface area contributed by atoms with Gasteiger partial charge in [0.05, 0.1) is 55.4 Å². The monoisotopic (exact) mass is 1360 g/mol. The fraction of sp³-hybridized carbons (Fsp3) is 0.968. The highest BCUT2D eigenvalue weighted by atomic mass is 32.3. The molecule has 39 unspecified atom stereocenters. The van der Waals surface area contributed by atoms with Crippen LogP contribution in [-0.2, 0) is 71.4 Å². The molecule has 6 saturated heterocycles. The predicted octanol–water partition coefficient (Wildman–Crippen LogP) is -2.51. The number of allylic oxidation sites excluding steroid dienone is 2. The van der Waals surface area contributed by atoms with E-state index in [9.17, 15) is 84.5 Å². The lowest BCUT2D eigenvalue weighted by Crippen LogP contribution is -2.67. The molecule has 15 N–H and O–H groups in total. The van der Waals surface area contributed by atoms with Gasteiger partial charge in [0.1, 0.15) is 110 Å². The molecule has 0 bridgehead atoms. The van der Waals surface area contributed by atoms with Gasteiger partial charge in [-0.25, -0.2) is 4.18 Å². The van der Waals surface area contributed by atoms with Gasteiger partial charge in [-0.05, 0) is 145 Å². The lowest BCUT2D eigenvalue weighted by Gasteiger charge is -2.60. The summed E-state index contributed by atoms with van der Waals surface area (Å²) in [7, 11) is -4.87. The van der Waals surface area contributed by atoms with Crippen molar-refractivity contribution in [3.05, 3.63) is 11.6 Å². The van der Waals surface area contributed by atoms with Crippen molar-refractivity contribution < 1.29 is 145 Å². The van der Waals surface area contributed by atoms with E-state index in [1.54, 1.807) is 0 Å². The number of rotatable bonds is 18. The molecule has 39 atom stereocenters. The van der Waals surface area contributed by atoms with Gasteiger partial charge >= 0.3 is 10.4 Å². The number of fused-ring (bicyclic) bond motifs is 5. The highest BCUT2D eigenvalue weighted by molar-refractivity contribution is 7.80. The van der Waals surface area contributed by atoms with Crippen molar-refractivity contribution in [2.24, 2.45) is 52.3 Å². The molecule has 11 aliphatic rings. The summed E-state index contributed by atoms with van der Waals surface area (Å²) in [4.78, 5) is 0. The Morgan fingerprint density at radius 3 is 1.68 bits per heavy atom. The van der Waals surface area contributed by atoms with Crippen molar-refractivity contribution >= 4 is 10.4 Å². The number of hydrogen-bond donors (Lipinski definition) is 15. The maximum absolute atomic E-state index is 12.5. The molecule has 536 valence electrons. The third-order valence-electron chi connectivity index (χ3n) is 23.2. The Kier molecular flexibility index (Phi) is 21.8. The van der Waals surface area contributed by atoms with E-state index in [2.05, 4.69) is 33.8 Å². The summed E-state index contributed by atoms with van der Waals surface area (Å²) in [5.41, 5.74) is -0.574. The fourth-order valence-electron chi connectivity index (χ4n) is 17.9. The van der Waals surface area contributed by atoms with Crippen LogP contribution in [0.2, 0.25) is 0 Å². The molecule has 0 aromatic carbocycles. The molecule has 93 heavy (non-hydrogen) atoms. The zero-order chi connectivity index (χ0) is 67.6. The van der Waals surface area contributed by atoms with Crippen molar-refractivity contribution in [3.8, 4) is 0 Å². The second-order valence-corrected chi connectivity index (χ2v) is 30.8. The van der Waals surface area contributed by atoms with Crippen LogP contribution in [0.4, 0.5) is 0 Å². The smallest absolute Gasteiger partial charge is 0.390 e. The Labute approximate surface area is 541 Å². The molecule has 0 amide bonds. The van der Waals surface area contributed by atoms with Crippen LogP contribution in [0.1, 0.15) is 120 Å². The van der Waals surface area contributed by atoms with E-state index in [-0.39, 0.29) is 35.5 Å². The SMILES string of the molecule is CC(C)CC1CC1C(C)(O)C1CCC2C3CC(OC4OC(C)C(O)C(OC5OCC(OC6OC(C)C(O)C(O)C6OC6OC(C)C(O)C(OC7OCC(O)C(O)C7O)C6O)C(O)C5OC5OC(C)C(O)C(O)C5O)C4O)C4CC(OS(=O)(=O)O)CCC4(C)C3=CCC21C. The fourth-order valence-corrected chi connectivity index (χ4v) is 18.4. The van der Waals surface area contributed by atoms with Crippen molar-refractivity contribution in [3.63, 3.8) is 0 Å². The predicted molar refractivity (Wildman–Crippen MR) is 313 cm³/mol. The van der Waals surface area contributed by atoms with E-state index in [0.29, 0.717) is 31.1 Å². The van der Waals surface area contributed by atoms with Crippen LogP contribution < -0.4 is 0 Å². The van der Waals surface area contributed by atoms with Gasteiger partial charge in [-0.3, -0.25) is 4.55 Å². The summed E-state index contributed by atoms with van der Waals surface area (Å²) in [5, 5.41) is 159. The Morgan fingerprint density at radius 1 is 0.548 bits per heavy atom. The average Bonchev–Trinajstić information content (AvgIpc) is 1.65. The van der Waals surface area contributed by atoms with Gasteiger partial charge in [0.2, 0.25) is 0 Å². The number of aliphatic hydroxyl groups is 14. The Morgan fingerprint density at radius 2 is 1.06 bits per heavy atom. The third kappa shape index (κ3) is 14.1. The minimum absolute atomic E-state index is 0.00546. The van der Waals surface area contributed by atoms with Crippen LogP contribution in [0, 0.1) is 52.3 Å². The van der Waals surface area contributed by atoms with Crippen LogP contribution in [0.5, 0.6) is 0 Å². The zero-order valence-electron chi connectivity index (χ0n) is 54.0. The first-order valence-corrected chi connectivity index (χ1v) is 34.6. The van der Waals surface area contributed by atoms with E-state index in [0.717, 1.165) is 32.1 Å². The molecule has 11 rings (SSSR count). The molecule has 6 heterocycles. The van der Waals surface area contributed by atoms with Crippen LogP contribution in [-0.4, -0.2) is 288 Å². The zero-order valence-corrected chi connectivity index (χ0v) is 54.8. The van der Waals surface area contributed by atoms with Gasteiger partial charge in [-0.15, -0.1) is 0 Å². The summed E-state index contributed by atoms with van der Waals surface area (Å²) in [6, 6.07) is 0. The Hall–Kier alpha value is -1.43. The van der Waals surface area contributed by atoms with E-state index in [1.165, 1.54) is 33.3 Å². The minimum Gasteiger partial charge on any atom is -0.390 e. The first-order chi connectivity index (χ1) is 43.5. The summed E-state index contributed by atoms with van der Waals surface area (Å²) in [6.45, 7) is 15.4. The Balaban J connectivity index is 0.838. The molecule has 10 fully saturated rings. The standard InChI is InChI=1S/C62H102O30S/c1-22(2)16-27-17-32(27)62(9,76)37-11-10-30-29-19-35(33-18-28(92-93(77,78)79)12-14-60(33,7)31(29)13-15-61(30,37)8)86-56-48(74)51(41(67)25(5)83-56)89-58-52(90-55-47(73)44(70)38(64)23(3)82-55)43(69)36(21-81-58)87-59-53(45(71)39(65)24(4)85-59)91-57-49(75)50(40(66)26(6)84-57)88-54-46(72)42(68)34(63)20-80-54/h13,22-30,32-59,63-76H,10-12,14-21H2,1-9H3,(H,77,78,79). The van der Waals surface area contributed by atoms with Gasteiger partial charge in [0, 0.05) is 0 Å². The molecular weight excluding hydrogens is 1260 g/mol. The third-order valence-corrected chi connectivity index (χ3v) is 23.7. The highest BCUT2D eigenvalue weighted by Crippen LogP contribution is 2.69. The summed E-state index contributed by atoms with van der Waals surface area (Å²) in [6.07, 6.45) is -40.6. The summed E-state index contributed by atoms with van der Waals surface area (Å²) in [5.74, 6) is 0.737. The van der Waals surface area contributed by atoms with Crippen molar-refractivity contribution in [2.45, 2.75) is 310 Å². The van der Waals surface area contributed by atoms with Crippen molar-refractivity contribution in [1.82, 2.24) is 0 Å². The summed E-state index contributed by atoms with van der Waals surface area (Å²) < 4.78 is 113. The molecule has 0 aromatic rings. The normalized spacial score (nSPS) is 54.3. The first kappa shape index (κ1) is 72.8. The highest BCUT2D eigenvalue weighted by Gasteiger charge is 2.66. The molecule has 6 aliphatic heterocycles. The molecule has 5 aliphatic carbocycles. The van der Waals surface area contributed by atoms with Crippen LogP contribution >= 0.6 is 0 Å². The largest absolute Gasteiger partial charge is 0.397 e. The molecule has 0 radical (unpaired) electrons.